The molecule has 22 heavy (non-hydrogen) atoms. The molecular weight excluding hydrogens is 296 g/mol. The van der Waals surface area contributed by atoms with E-state index < -0.39 is 6.10 Å². The lowest BCUT2D eigenvalue weighted by molar-refractivity contribution is -0.140. The predicted octanol–water partition coefficient (Wildman–Crippen LogP) is 2.49. The lowest BCUT2D eigenvalue weighted by Crippen LogP contribution is -2.44. The van der Waals surface area contributed by atoms with Crippen molar-refractivity contribution in [3.8, 4) is 0 Å². The summed E-state index contributed by atoms with van der Waals surface area (Å²) in [6.07, 6.45) is 6.59. The molecule has 1 saturated heterocycles. The van der Waals surface area contributed by atoms with Gasteiger partial charge in [0.05, 0.1) is 0 Å². The summed E-state index contributed by atoms with van der Waals surface area (Å²) < 4.78 is 0. The van der Waals surface area contributed by atoms with Crippen molar-refractivity contribution < 1.29 is 9.90 Å². The number of thioether (sulfide) groups is 1. The Labute approximate surface area is 140 Å². The van der Waals surface area contributed by atoms with Crippen LogP contribution in [-0.2, 0) is 4.79 Å². The van der Waals surface area contributed by atoms with Gasteiger partial charge in [-0.15, -0.1) is 0 Å². The molecule has 0 aromatic rings. The average Bonchev–Trinajstić information content (AvgIpc) is 2.51. The van der Waals surface area contributed by atoms with Crippen molar-refractivity contribution in [3.63, 3.8) is 0 Å². The molecule has 0 radical (unpaired) electrons. The molecule has 0 aliphatic carbocycles. The number of nitrogens with two attached hydrogens (primary N) is 1. The maximum atomic E-state index is 12.2. The summed E-state index contributed by atoms with van der Waals surface area (Å²) in [5, 5.41) is 9.93. The van der Waals surface area contributed by atoms with Gasteiger partial charge in [0.25, 0.3) is 5.91 Å². The summed E-state index contributed by atoms with van der Waals surface area (Å²) >= 11 is 1.55. The molecule has 0 spiro atoms. The lowest BCUT2D eigenvalue weighted by Gasteiger charge is -2.33. The first-order valence-electron chi connectivity index (χ1n) is 8.79. The van der Waals surface area contributed by atoms with E-state index in [0.29, 0.717) is 12.3 Å². The van der Waals surface area contributed by atoms with Crippen molar-refractivity contribution in [2.75, 3.05) is 31.1 Å². The van der Waals surface area contributed by atoms with Crippen molar-refractivity contribution in [2.24, 2.45) is 17.6 Å². The average molecular weight is 331 g/mol. The number of likely N-dealkylation sites (tertiary alicyclic amines) is 1. The molecule has 1 atom stereocenters. The van der Waals surface area contributed by atoms with Crippen LogP contribution in [0.25, 0.3) is 0 Å². The van der Waals surface area contributed by atoms with Crippen LogP contribution < -0.4 is 5.73 Å². The van der Waals surface area contributed by atoms with Gasteiger partial charge in [-0.05, 0) is 24.7 Å². The minimum atomic E-state index is -0.862. The van der Waals surface area contributed by atoms with Gasteiger partial charge in [0, 0.05) is 31.1 Å². The molecule has 1 rings (SSSR count). The number of rotatable bonds is 10. The maximum Gasteiger partial charge on any atom is 0.252 e. The third kappa shape index (κ3) is 7.84. The van der Waals surface area contributed by atoms with Gasteiger partial charge in [-0.1, -0.05) is 39.5 Å². The SMILES string of the molecule is CC(C)CCCCC1CCN(C(=O)C(O)CSCCN)CC1. The molecule has 5 heteroatoms. The molecule has 1 heterocycles. The van der Waals surface area contributed by atoms with Crippen LogP contribution in [0.1, 0.15) is 52.4 Å². The second-order valence-electron chi connectivity index (χ2n) is 6.83. The zero-order chi connectivity index (χ0) is 16.4. The number of hydrogen-bond acceptors (Lipinski definition) is 4. The molecule has 1 amide bonds. The standard InChI is InChI=1S/C17H34N2O2S/c1-14(2)5-3-4-6-15-7-10-19(11-8-15)17(21)16(20)13-22-12-9-18/h14-16,20H,3-13,18H2,1-2H3. The predicted molar refractivity (Wildman–Crippen MR) is 95.0 cm³/mol. The lowest BCUT2D eigenvalue weighted by atomic mass is 9.90. The van der Waals surface area contributed by atoms with Gasteiger partial charge in [-0.25, -0.2) is 0 Å². The van der Waals surface area contributed by atoms with Crippen LogP contribution in [0, 0.1) is 11.8 Å². The number of carbonyl (C=O) groups excluding carboxylic acids is 1. The minimum Gasteiger partial charge on any atom is -0.382 e. The molecule has 1 aliphatic heterocycles. The van der Waals surface area contributed by atoms with Crippen LogP contribution in [-0.4, -0.2) is 53.2 Å². The fourth-order valence-corrected chi connectivity index (χ4v) is 3.69. The number of carbonyl (C=O) groups is 1. The number of hydrogen-bond donors (Lipinski definition) is 2. The van der Waals surface area contributed by atoms with Crippen LogP contribution in [0.4, 0.5) is 0 Å². The summed E-state index contributed by atoms with van der Waals surface area (Å²) in [7, 11) is 0. The molecule has 1 aliphatic rings. The van der Waals surface area contributed by atoms with E-state index >= 15 is 0 Å². The number of piperidine rings is 1. The van der Waals surface area contributed by atoms with E-state index in [1.165, 1.54) is 25.7 Å². The van der Waals surface area contributed by atoms with Gasteiger partial charge in [-0.2, -0.15) is 11.8 Å². The van der Waals surface area contributed by atoms with Gasteiger partial charge in [-0.3, -0.25) is 4.79 Å². The third-order valence-electron chi connectivity index (χ3n) is 4.39. The molecular formula is C17H34N2O2S. The van der Waals surface area contributed by atoms with E-state index in [-0.39, 0.29) is 5.91 Å². The normalized spacial score (nSPS) is 18.0. The highest BCUT2D eigenvalue weighted by Gasteiger charge is 2.26. The second kappa shape index (κ2) is 11.3. The Morgan fingerprint density at radius 2 is 2.00 bits per heavy atom. The van der Waals surface area contributed by atoms with Gasteiger partial charge in [0.1, 0.15) is 6.10 Å². The summed E-state index contributed by atoms with van der Waals surface area (Å²) in [4.78, 5) is 14.0. The van der Waals surface area contributed by atoms with E-state index in [1.54, 1.807) is 11.8 Å². The smallest absolute Gasteiger partial charge is 0.252 e. The van der Waals surface area contributed by atoms with Crippen molar-refractivity contribution in [1.29, 1.82) is 0 Å². The Morgan fingerprint density at radius 1 is 1.32 bits per heavy atom. The molecule has 4 nitrogen and oxygen atoms in total. The zero-order valence-electron chi connectivity index (χ0n) is 14.3. The van der Waals surface area contributed by atoms with Gasteiger partial charge in [0.15, 0.2) is 0 Å². The Hall–Kier alpha value is -0.260. The Bertz CT molecular complexity index is 305. The number of amides is 1. The van der Waals surface area contributed by atoms with E-state index in [2.05, 4.69) is 13.8 Å². The Balaban J connectivity index is 2.16. The number of aliphatic hydroxyl groups excluding tert-OH is 1. The summed E-state index contributed by atoms with van der Waals surface area (Å²) in [6, 6.07) is 0. The highest BCUT2D eigenvalue weighted by atomic mass is 32.2. The molecule has 0 aromatic heterocycles. The van der Waals surface area contributed by atoms with Crippen LogP contribution in [0.5, 0.6) is 0 Å². The van der Waals surface area contributed by atoms with Gasteiger partial charge in [0.2, 0.25) is 0 Å². The molecule has 0 aromatic carbocycles. The summed E-state index contributed by atoms with van der Waals surface area (Å²) in [5.41, 5.74) is 5.42. The Kier molecular flexibility index (Phi) is 10.2. The number of unbranched alkanes of at least 4 members (excludes halogenated alkanes) is 1. The van der Waals surface area contributed by atoms with Crippen molar-refractivity contribution in [3.05, 3.63) is 0 Å². The first-order chi connectivity index (χ1) is 10.5. The maximum absolute atomic E-state index is 12.2. The van der Waals surface area contributed by atoms with Crippen LogP contribution >= 0.6 is 11.8 Å². The fourth-order valence-electron chi connectivity index (χ4n) is 2.99. The highest BCUT2D eigenvalue weighted by molar-refractivity contribution is 7.99. The van der Waals surface area contributed by atoms with Gasteiger partial charge < -0.3 is 15.7 Å². The second-order valence-corrected chi connectivity index (χ2v) is 7.98. The fraction of sp³-hybridized carbons (Fsp3) is 0.941. The molecule has 0 saturated carbocycles. The van der Waals surface area contributed by atoms with Crippen LogP contribution in [0.3, 0.4) is 0 Å². The van der Waals surface area contributed by atoms with Crippen LogP contribution in [0.15, 0.2) is 0 Å². The quantitative estimate of drug-likeness (QED) is 0.604. The van der Waals surface area contributed by atoms with E-state index in [4.69, 9.17) is 5.73 Å². The molecule has 130 valence electrons. The van der Waals surface area contributed by atoms with Crippen molar-refractivity contribution in [1.82, 2.24) is 4.90 Å². The van der Waals surface area contributed by atoms with E-state index in [0.717, 1.165) is 43.5 Å². The Morgan fingerprint density at radius 3 is 2.59 bits per heavy atom. The zero-order valence-corrected chi connectivity index (χ0v) is 15.1. The highest BCUT2D eigenvalue weighted by Crippen LogP contribution is 2.24. The minimum absolute atomic E-state index is 0.0946. The topological polar surface area (TPSA) is 66.6 Å². The monoisotopic (exact) mass is 330 g/mol. The summed E-state index contributed by atoms with van der Waals surface area (Å²) in [5.74, 6) is 2.73. The first kappa shape index (κ1) is 19.8. The van der Waals surface area contributed by atoms with Crippen LogP contribution in [0.2, 0.25) is 0 Å². The molecule has 0 bridgehead atoms. The first-order valence-corrected chi connectivity index (χ1v) is 9.94. The summed E-state index contributed by atoms with van der Waals surface area (Å²) in [6.45, 7) is 6.77. The van der Waals surface area contributed by atoms with E-state index in [1.807, 2.05) is 4.90 Å². The van der Waals surface area contributed by atoms with Crippen molar-refractivity contribution >= 4 is 17.7 Å². The molecule has 1 fully saturated rings. The number of aliphatic hydroxyl groups is 1. The third-order valence-corrected chi connectivity index (χ3v) is 5.47. The van der Waals surface area contributed by atoms with Gasteiger partial charge >= 0.3 is 0 Å². The van der Waals surface area contributed by atoms with Crippen molar-refractivity contribution in [2.45, 2.75) is 58.5 Å². The van der Waals surface area contributed by atoms with E-state index in [9.17, 15) is 9.90 Å². The largest absolute Gasteiger partial charge is 0.382 e. The molecule has 3 N–H and O–H groups in total. The number of nitrogens with zero attached hydrogens (tertiary/aromatic N) is 1. The molecule has 1 unspecified atom stereocenters.